The lowest BCUT2D eigenvalue weighted by Gasteiger charge is -2.58. The second kappa shape index (κ2) is 6.27. The number of nitrogens with zero attached hydrogens (tertiary/aromatic N) is 2. The minimum Gasteiger partial charge on any atom is -0.474 e. The minimum atomic E-state index is -0.604. The van der Waals surface area contributed by atoms with Crippen molar-refractivity contribution in [1.82, 2.24) is 15.2 Å². The molecule has 0 bridgehead atoms. The van der Waals surface area contributed by atoms with Gasteiger partial charge < -0.3 is 15.8 Å². The Kier molecular flexibility index (Phi) is 4.02. The predicted molar refractivity (Wildman–Crippen MR) is 94.5 cm³/mol. The van der Waals surface area contributed by atoms with E-state index in [-0.39, 0.29) is 47.4 Å². The van der Waals surface area contributed by atoms with E-state index in [4.69, 9.17) is 16.9 Å². The molecule has 1 unspecified atom stereocenters. The summed E-state index contributed by atoms with van der Waals surface area (Å²) in [5.74, 6) is 1.87. The van der Waals surface area contributed by atoms with E-state index in [1.54, 1.807) is 18.3 Å². The Morgan fingerprint density at radius 3 is 2.81 bits per heavy atom. The van der Waals surface area contributed by atoms with Crippen LogP contribution in [0.4, 0.5) is 4.79 Å². The average Bonchev–Trinajstić information content (AvgIpc) is 2.83. The Bertz CT molecular complexity index is 848. The summed E-state index contributed by atoms with van der Waals surface area (Å²) in [6, 6.07) is 2.18. The Morgan fingerprint density at radius 1 is 1.41 bits per heavy atom. The zero-order valence-electron chi connectivity index (χ0n) is 14.7. The zero-order chi connectivity index (χ0) is 19.2. The Hall–Kier alpha value is -3.08. The maximum absolute atomic E-state index is 12.3. The van der Waals surface area contributed by atoms with Gasteiger partial charge in [-0.1, -0.05) is 0 Å². The number of carbonyl (C=O) groups excluding carboxylic acids is 3. The van der Waals surface area contributed by atoms with Gasteiger partial charge in [0.15, 0.2) is 0 Å². The normalized spacial score (nSPS) is 31.7. The van der Waals surface area contributed by atoms with Crippen molar-refractivity contribution in [1.29, 1.82) is 0 Å². The highest BCUT2D eigenvalue weighted by Crippen LogP contribution is 2.58. The van der Waals surface area contributed by atoms with Crippen molar-refractivity contribution in [2.75, 3.05) is 0 Å². The van der Waals surface area contributed by atoms with Gasteiger partial charge in [-0.05, 0) is 43.2 Å². The number of primary amides is 1. The number of hydrogen-bond donors (Lipinski definition) is 2. The van der Waals surface area contributed by atoms with Crippen LogP contribution < -0.4 is 15.8 Å². The lowest BCUT2D eigenvalue weighted by molar-refractivity contribution is -0.140. The van der Waals surface area contributed by atoms with Gasteiger partial charge in [0.2, 0.25) is 5.88 Å². The molecule has 1 saturated heterocycles. The molecule has 8 nitrogen and oxygen atoms in total. The number of carbonyl (C=O) groups is 3. The molecule has 3 N–H and O–H groups in total. The van der Waals surface area contributed by atoms with Gasteiger partial charge in [0.25, 0.3) is 11.8 Å². The summed E-state index contributed by atoms with van der Waals surface area (Å²) in [7, 11) is 0. The van der Waals surface area contributed by atoms with Crippen molar-refractivity contribution >= 4 is 17.8 Å². The molecule has 1 aromatic rings. The van der Waals surface area contributed by atoms with Crippen LogP contribution in [0.2, 0.25) is 0 Å². The van der Waals surface area contributed by atoms with E-state index in [0.717, 1.165) is 25.7 Å². The second-order valence-electron chi connectivity index (χ2n) is 7.55. The zero-order valence-corrected chi connectivity index (χ0v) is 14.7. The summed E-state index contributed by atoms with van der Waals surface area (Å²) in [5, 5.41) is 2.64. The van der Waals surface area contributed by atoms with Crippen LogP contribution in [0.3, 0.4) is 0 Å². The molecule has 1 spiro atoms. The van der Waals surface area contributed by atoms with Crippen LogP contribution >= 0.6 is 0 Å². The fraction of sp³-hybridized carbons (Fsp3) is 0.474. The van der Waals surface area contributed by atoms with Crippen molar-refractivity contribution in [3.63, 3.8) is 0 Å². The largest absolute Gasteiger partial charge is 0.474 e. The van der Waals surface area contributed by atoms with E-state index >= 15 is 0 Å². The van der Waals surface area contributed by atoms with Gasteiger partial charge in [0.05, 0.1) is 0 Å². The van der Waals surface area contributed by atoms with Gasteiger partial charge in [-0.25, -0.2) is 9.78 Å². The first-order valence-corrected chi connectivity index (χ1v) is 8.91. The highest BCUT2D eigenvalue weighted by Gasteiger charge is 2.58. The minimum absolute atomic E-state index is 0.0451. The summed E-state index contributed by atoms with van der Waals surface area (Å²) >= 11 is 0. The maximum Gasteiger partial charge on any atom is 0.325 e. The highest BCUT2D eigenvalue weighted by molar-refractivity contribution is 6.04. The van der Waals surface area contributed by atoms with Crippen molar-refractivity contribution in [3.05, 3.63) is 23.9 Å². The smallest absolute Gasteiger partial charge is 0.325 e. The molecule has 140 valence electrons. The molecular weight excluding hydrogens is 348 g/mol. The number of nitrogens with one attached hydrogen (secondary N) is 1. The molecule has 2 aliphatic carbocycles. The summed E-state index contributed by atoms with van der Waals surface area (Å²) in [6.45, 7) is 0. The number of rotatable bonds is 5. The van der Waals surface area contributed by atoms with Crippen LogP contribution in [0.15, 0.2) is 18.3 Å². The van der Waals surface area contributed by atoms with Gasteiger partial charge >= 0.3 is 6.03 Å². The number of terminal acetylenes is 1. The third-order valence-corrected chi connectivity index (χ3v) is 5.71. The van der Waals surface area contributed by atoms with Crippen LogP contribution in [-0.2, 0) is 4.79 Å². The number of aromatic nitrogens is 1. The van der Waals surface area contributed by atoms with E-state index in [1.807, 2.05) is 0 Å². The molecule has 3 aliphatic rings. The fourth-order valence-corrected chi connectivity index (χ4v) is 4.43. The van der Waals surface area contributed by atoms with E-state index in [2.05, 4.69) is 16.2 Å². The number of ether oxygens (including phenoxy) is 1. The number of nitrogens with two attached hydrogens (primary N) is 1. The standard InChI is InChI=1S/C19H20N4O4/c1-2-4-14-17(25)23(18(26)22-14)11-7-19(8-11)9-12(10-19)27-16-13(15(20)24)5-3-6-21-16/h1,3,5-6,11-12,14H,4,7-10H2,(H2,20,24)(H,22,26). The topological polar surface area (TPSA) is 115 Å². The molecule has 3 fully saturated rings. The Balaban J connectivity index is 1.32. The first-order valence-electron chi connectivity index (χ1n) is 8.91. The van der Waals surface area contributed by atoms with Crippen LogP contribution in [0.5, 0.6) is 5.88 Å². The molecule has 1 atom stereocenters. The quantitative estimate of drug-likeness (QED) is 0.590. The highest BCUT2D eigenvalue weighted by atomic mass is 16.5. The first kappa shape index (κ1) is 17.3. The Morgan fingerprint density at radius 2 is 2.15 bits per heavy atom. The molecule has 8 heteroatoms. The molecular formula is C19H20N4O4. The third kappa shape index (κ3) is 2.89. The maximum atomic E-state index is 12.3. The number of amides is 4. The third-order valence-electron chi connectivity index (χ3n) is 5.71. The summed E-state index contributed by atoms with van der Waals surface area (Å²) in [5.41, 5.74) is 5.69. The van der Waals surface area contributed by atoms with Crippen molar-refractivity contribution in [2.45, 2.75) is 50.3 Å². The molecule has 1 aliphatic heterocycles. The summed E-state index contributed by atoms with van der Waals surface area (Å²) in [6.07, 6.45) is 10.1. The number of imide groups is 1. The van der Waals surface area contributed by atoms with Crippen LogP contribution in [0, 0.1) is 17.8 Å². The molecule has 0 radical (unpaired) electrons. The molecule has 4 amide bonds. The monoisotopic (exact) mass is 368 g/mol. The van der Waals surface area contributed by atoms with Gasteiger partial charge in [-0.3, -0.25) is 14.5 Å². The molecule has 1 aromatic heterocycles. The van der Waals surface area contributed by atoms with Crippen LogP contribution in [0.25, 0.3) is 0 Å². The number of urea groups is 1. The van der Waals surface area contributed by atoms with Crippen LogP contribution in [-0.4, -0.2) is 45.9 Å². The average molecular weight is 368 g/mol. The summed E-state index contributed by atoms with van der Waals surface area (Å²) < 4.78 is 5.83. The van der Waals surface area contributed by atoms with E-state index in [0.29, 0.717) is 0 Å². The van der Waals surface area contributed by atoms with Crippen LogP contribution in [0.1, 0.15) is 42.5 Å². The van der Waals surface area contributed by atoms with Crippen molar-refractivity contribution < 1.29 is 19.1 Å². The van der Waals surface area contributed by atoms with Gasteiger partial charge in [-0.2, -0.15) is 0 Å². The lowest BCUT2D eigenvalue weighted by Crippen LogP contribution is -2.60. The van der Waals surface area contributed by atoms with Crippen molar-refractivity contribution in [3.8, 4) is 18.2 Å². The van der Waals surface area contributed by atoms with E-state index < -0.39 is 11.9 Å². The molecule has 2 heterocycles. The molecule has 0 aromatic carbocycles. The SMILES string of the molecule is C#CCC1NC(=O)N(C2CC3(CC(Oc4ncccc4C(N)=O)C3)C2)C1=O. The molecule has 2 saturated carbocycles. The van der Waals surface area contributed by atoms with Gasteiger partial charge in [0, 0.05) is 18.7 Å². The first-order chi connectivity index (χ1) is 12.9. The van der Waals surface area contributed by atoms with E-state index in [1.165, 1.54) is 4.90 Å². The predicted octanol–water partition coefficient (Wildman–Crippen LogP) is 0.814. The molecule has 4 rings (SSSR count). The van der Waals surface area contributed by atoms with Gasteiger partial charge in [-0.15, -0.1) is 12.3 Å². The van der Waals surface area contributed by atoms with Gasteiger partial charge in [0.1, 0.15) is 17.7 Å². The number of pyridine rings is 1. The fourth-order valence-electron chi connectivity index (χ4n) is 4.43. The van der Waals surface area contributed by atoms with Crippen molar-refractivity contribution in [2.24, 2.45) is 11.1 Å². The second-order valence-corrected chi connectivity index (χ2v) is 7.55. The lowest BCUT2D eigenvalue weighted by atomic mass is 9.52. The van der Waals surface area contributed by atoms with E-state index in [9.17, 15) is 14.4 Å². The number of hydrogen-bond acceptors (Lipinski definition) is 5. The Labute approximate surface area is 156 Å². The molecule has 27 heavy (non-hydrogen) atoms. The summed E-state index contributed by atoms with van der Waals surface area (Å²) in [4.78, 5) is 41.3.